The van der Waals surface area contributed by atoms with Crippen LogP contribution in [0.2, 0.25) is 0 Å². The fourth-order valence-corrected chi connectivity index (χ4v) is 2.61. The molecule has 0 aliphatic carbocycles. The Hall–Kier alpha value is -3.35. The minimum atomic E-state index is -0.352. The van der Waals surface area contributed by atoms with Crippen molar-refractivity contribution in [1.29, 1.82) is 0 Å². The predicted molar refractivity (Wildman–Crippen MR) is 114 cm³/mol. The van der Waals surface area contributed by atoms with E-state index in [1.807, 2.05) is 0 Å². The average Bonchev–Trinajstić information content (AvgIpc) is 2.74. The Balaban J connectivity index is 1.91. The number of nitrogens with zero attached hydrogens (tertiary/aromatic N) is 1. The van der Waals surface area contributed by atoms with E-state index in [1.54, 1.807) is 56.7 Å². The maximum Gasteiger partial charge on any atom is 0.271 e. The van der Waals surface area contributed by atoms with Gasteiger partial charge >= 0.3 is 0 Å². The monoisotopic (exact) mass is 397 g/mol. The maximum atomic E-state index is 12.2. The molecule has 7 nitrogen and oxygen atoms in total. The first-order chi connectivity index (χ1) is 14.1. The lowest BCUT2D eigenvalue weighted by Gasteiger charge is -2.07. The van der Waals surface area contributed by atoms with Gasteiger partial charge in [-0.25, -0.2) is 5.43 Å². The molecule has 0 fully saturated rings. The van der Waals surface area contributed by atoms with Gasteiger partial charge in [0.25, 0.3) is 5.91 Å². The second-order valence-electron chi connectivity index (χ2n) is 6.39. The van der Waals surface area contributed by atoms with E-state index >= 15 is 0 Å². The van der Waals surface area contributed by atoms with Gasteiger partial charge in [-0.05, 0) is 42.8 Å². The first-order valence-corrected chi connectivity index (χ1v) is 9.52. The normalized spacial score (nSPS) is 10.6. The van der Waals surface area contributed by atoms with Gasteiger partial charge in [-0.1, -0.05) is 19.8 Å². The van der Waals surface area contributed by atoms with Crippen LogP contribution in [0.15, 0.2) is 47.6 Å². The number of anilines is 1. The first kappa shape index (κ1) is 21.9. The summed E-state index contributed by atoms with van der Waals surface area (Å²) >= 11 is 0. The molecule has 0 atom stereocenters. The van der Waals surface area contributed by atoms with Gasteiger partial charge < -0.3 is 14.8 Å². The molecule has 0 aliphatic rings. The lowest BCUT2D eigenvalue weighted by molar-refractivity contribution is -0.116. The Morgan fingerprint density at radius 3 is 2.45 bits per heavy atom. The second kappa shape index (κ2) is 11.5. The summed E-state index contributed by atoms with van der Waals surface area (Å²) in [4.78, 5) is 24.1. The van der Waals surface area contributed by atoms with Crippen molar-refractivity contribution in [3.05, 3.63) is 53.6 Å². The molecule has 154 valence electrons. The molecule has 0 bridgehead atoms. The summed E-state index contributed by atoms with van der Waals surface area (Å²) < 4.78 is 10.4. The summed E-state index contributed by atoms with van der Waals surface area (Å²) in [6.45, 7) is 2.10. The molecule has 0 unspecified atom stereocenters. The Kier molecular flexibility index (Phi) is 8.69. The molecule has 2 amide bonds. The standard InChI is InChI=1S/C22H27N3O4/c1-4-5-6-7-21(26)24-18-11-8-16(9-12-18)22(27)25-23-15-17-10-13-19(28-2)14-20(17)29-3/h8-15H,4-7H2,1-3H3,(H,24,26)(H,25,27)/b23-15-. The van der Waals surface area contributed by atoms with Gasteiger partial charge in [0.15, 0.2) is 0 Å². The van der Waals surface area contributed by atoms with E-state index in [0.717, 1.165) is 19.3 Å². The zero-order valence-electron chi connectivity index (χ0n) is 17.0. The molecule has 29 heavy (non-hydrogen) atoms. The predicted octanol–water partition coefficient (Wildman–Crippen LogP) is 3.99. The fourth-order valence-electron chi connectivity index (χ4n) is 2.61. The van der Waals surface area contributed by atoms with Gasteiger partial charge in [-0.3, -0.25) is 9.59 Å². The van der Waals surface area contributed by atoms with Crippen molar-refractivity contribution in [3.8, 4) is 11.5 Å². The van der Waals surface area contributed by atoms with Crippen LogP contribution in [0.5, 0.6) is 11.5 Å². The highest BCUT2D eigenvalue weighted by atomic mass is 16.5. The lowest BCUT2D eigenvalue weighted by Crippen LogP contribution is -2.18. The van der Waals surface area contributed by atoms with Crippen molar-refractivity contribution in [2.45, 2.75) is 32.6 Å². The van der Waals surface area contributed by atoms with Crippen LogP contribution in [0, 0.1) is 0 Å². The van der Waals surface area contributed by atoms with Gasteiger partial charge in [0.2, 0.25) is 5.91 Å². The molecule has 2 N–H and O–H groups in total. The van der Waals surface area contributed by atoms with Crippen molar-refractivity contribution < 1.29 is 19.1 Å². The third-order valence-corrected chi connectivity index (χ3v) is 4.25. The highest BCUT2D eigenvalue weighted by Crippen LogP contribution is 2.23. The van der Waals surface area contributed by atoms with E-state index in [-0.39, 0.29) is 11.8 Å². The number of unbranched alkanes of at least 4 members (excludes halogenated alkanes) is 2. The van der Waals surface area contributed by atoms with Crippen LogP contribution in [-0.4, -0.2) is 32.2 Å². The molecule has 0 spiro atoms. The molecule has 2 rings (SSSR count). The highest BCUT2D eigenvalue weighted by Gasteiger charge is 2.07. The zero-order chi connectivity index (χ0) is 21.1. The largest absolute Gasteiger partial charge is 0.497 e. The fraction of sp³-hybridized carbons (Fsp3) is 0.318. The summed E-state index contributed by atoms with van der Waals surface area (Å²) in [6.07, 6.45) is 4.99. The third kappa shape index (κ3) is 6.95. The first-order valence-electron chi connectivity index (χ1n) is 9.52. The molecule has 0 aromatic heterocycles. The van der Waals surface area contributed by atoms with Crippen molar-refractivity contribution in [3.63, 3.8) is 0 Å². The van der Waals surface area contributed by atoms with E-state index in [0.29, 0.717) is 34.7 Å². The molecule has 0 aliphatic heterocycles. The Morgan fingerprint density at radius 1 is 1.03 bits per heavy atom. The number of hydrogen-bond acceptors (Lipinski definition) is 5. The van der Waals surface area contributed by atoms with Gasteiger partial charge in [-0.15, -0.1) is 0 Å². The molecule has 0 heterocycles. The molecular weight excluding hydrogens is 370 g/mol. The minimum Gasteiger partial charge on any atom is -0.497 e. The summed E-state index contributed by atoms with van der Waals surface area (Å²) in [7, 11) is 3.13. The van der Waals surface area contributed by atoms with E-state index < -0.39 is 0 Å². The van der Waals surface area contributed by atoms with E-state index in [9.17, 15) is 9.59 Å². The molecule has 7 heteroatoms. The molecule has 2 aromatic carbocycles. The number of ether oxygens (including phenoxy) is 2. The average molecular weight is 397 g/mol. The van der Waals surface area contributed by atoms with Gasteiger partial charge in [0.1, 0.15) is 11.5 Å². The number of hydrazone groups is 1. The molecule has 0 radical (unpaired) electrons. The molecule has 2 aromatic rings. The summed E-state index contributed by atoms with van der Waals surface area (Å²) in [5.41, 5.74) is 4.28. The number of carbonyl (C=O) groups is 2. The number of benzene rings is 2. The van der Waals surface area contributed by atoms with E-state index in [2.05, 4.69) is 22.8 Å². The Labute approximate surface area is 171 Å². The number of rotatable bonds is 10. The van der Waals surface area contributed by atoms with Crippen LogP contribution >= 0.6 is 0 Å². The molecule has 0 saturated heterocycles. The van der Waals surface area contributed by atoms with Gasteiger partial charge in [0, 0.05) is 29.3 Å². The van der Waals surface area contributed by atoms with Crippen LogP contribution in [0.25, 0.3) is 0 Å². The van der Waals surface area contributed by atoms with Gasteiger partial charge in [-0.2, -0.15) is 5.10 Å². The number of methoxy groups -OCH3 is 2. The van der Waals surface area contributed by atoms with Crippen LogP contribution in [0.1, 0.15) is 48.5 Å². The zero-order valence-corrected chi connectivity index (χ0v) is 17.0. The van der Waals surface area contributed by atoms with Crippen molar-refractivity contribution in [2.75, 3.05) is 19.5 Å². The second-order valence-corrected chi connectivity index (χ2v) is 6.39. The van der Waals surface area contributed by atoms with Gasteiger partial charge in [0.05, 0.1) is 20.4 Å². The number of nitrogens with one attached hydrogen (secondary N) is 2. The van der Waals surface area contributed by atoms with Crippen LogP contribution < -0.4 is 20.2 Å². The summed E-state index contributed by atoms with van der Waals surface area (Å²) in [5, 5.41) is 6.81. The van der Waals surface area contributed by atoms with Crippen molar-refractivity contribution >= 4 is 23.7 Å². The SMILES string of the molecule is CCCCCC(=O)Nc1ccc(C(=O)N/N=C\c2ccc(OC)cc2OC)cc1. The number of amides is 2. The van der Waals surface area contributed by atoms with Crippen molar-refractivity contribution in [1.82, 2.24) is 5.43 Å². The Bertz CT molecular complexity index is 848. The number of carbonyl (C=O) groups excluding carboxylic acids is 2. The topological polar surface area (TPSA) is 89.0 Å². The smallest absolute Gasteiger partial charge is 0.271 e. The summed E-state index contributed by atoms with van der Waals surface area (Å²) in [5.74, 6) is 0.880. The summed E-state index contributed by atoms with van der Waals surface area (Å²) in [6, 6.07) is 12.0. The Morgan fingerprint density at radius 2 is 1.79 bits per heavy atom. The van der Waals surface area contributed by atoms with Crippen LogP contribution in [0.4, 0.5) is 5.69 Å². The lowest BCUT2D eigenvalue weighted by atomic mass is 10.1. The molecule has 0 saturated carbocycles. The quantitative estimate of drug-likeness (QED) is 0.360. The molecular formula is C22H27N3O4. The maximum absolute atomic E-state index is 12.2. The highest BCUT2D eigenvalue weighted by molar-refractivity contribution is 5.96. The van der Waals surface area contributed by atoms with E-state index in [1.165, 1.54) is 6.21 Å². The van der Waals surface area contributed by atoms with Crippen molar-refractivity contribution in [2.24, 2.45) is 5.10 Å². The van der Waals surface area contributed by atoms with Crippen LogP contribution in [0.3, 0.4) is 0 Å². The number of hydrogen-bond donors (Lipinski definition) is 2. The minimum absolute atomic E-state index is 0.0197. The van der Waals surface area contributed by atoms with Crippen LogP contribution in [-0.2, 0) is 4.79 Å². The van der Waals surface area contributed by atoms with E-state index in [4.69, 9.17) is 9.47 Å². The third-order valence-electron chi connectivity index (χ3n) is 4.25.